The summed E-state index contributed by atoms with van der Waals surface area (Å²) in [6, 6.07) is 3.71. The van der Waals surface area contributed by atoms with Crippen LogP contribution in [0.25, 0.3) is 11.4 Å². The van der Waals surface area contributed by atoms with Crippen molar-refractivity contribution in [3.8, 4) is 11.4 Å². The lowest BCUT2D eigenvalue weighted by atomic mass is 9.97. The Morgan fingerprint density at radius 2 is 1.96 bits per heavy atom. The fourth-order valence-corrected chi connectivity index (χ4v) is 3.64. The van der Waals surface area contributed by atoms with Crippen LogP contribution in [0.4, 0.5) is 0 Å². The van der Waals surface area contributed by atoms with E-state index < -0.39 is 0 Å². The van der Waals surface area contributed by atoms with E-state index in [-0.39, 0.29) is 11.8 Å². The molecule has 0 N–H and O–H groups in total. The van der Waals surface area contributed by atoms with Gasteiger partial charge in [-0.1, -0.05) is 30.8 Å². The first-order chi connectivity index (χ1) is 11.8. The first-order valence-corrected chi connectivity index (χ1v) is 8.81. The third-order valence-corrected chi connectivity index (χ3v) is 5.20. The lowest BCUT2D eigenvalue weighted by molar-refractivity contribution is -0.136. The van der Waals surface area contributed by atoms with E-state index in [1.807, 2.05) is 17.0 Å². The zero-order valence-electron chi connectivity index (χ0n) is 13.7. The fourth-order valence-electron chi connectivity index (χ4n) is 3.64. The van der Waals surface area contributed by atoms with Crippen molar-refractivity contribution in [3.05, 3.63) is 30.4 Å². The van der Waals surface area contributed by atoms with Gasteiger partial charge in [0.05, 0.1) is 5.92 Å². The number of carbonyl (C=O) groups excluding carboxylic acids is 1. The third kappa shape index (κ3) is 3.18. The van der Waals surface area contributed by atoms with Crippen molar-refractivity contribution < 1.29 is 9.32 Å². The summed E-state index contributed by atoms with van der Waals surface area (Å²) in [4.78, 5) is 22.6. The molecule has 2 fully saturated rings. The van der Waals surface area contributed by atoms with Gasteiger partial charge in [0.15, 0.2) is 0 Å². The van der Waals surface area contributed by atoms with Crippen LogP contribution in [-0.2, 0) is 4.79 Å². The average molecular weight is 326 g/mol. The molecule has 3 heterocycles. The topological polar surface area (TPSA) is 72.1 Å². The quantitative estimate of drug-likeness (QED) is 0.844. The maximum atomic E-state index is 12.2. The predicted octanol–water partition coefficient (Wildman–Crippen LogP) is 3.03. The number of rotatable bonds is 5. The minimum Gasteiger partial charge on any atom is -0.341 e. The van der Waals surface area contributed by atoms with E-state index in [9.17, 15) is 4.79 Å². The highest BCUT2D eigenvalue weighted by molar-refractivity contribution is 5.77. The molecule has 1 saturated carbocycles. The fraction of sp³-hybridized carbons (Fsp3) is 0.556. The number of aromatic nitrogens is 3. The first kappa shape index (κ1) is 15.3. The maximum Gasteiger partial charge on any atom is 0.233 e. The lowest BCUT2D eigenvalue weighted by Crippen LogP contribution is -2.48. The molecule has 2 aromatic heterocycles. The summed E-state index contributed by atoms with van der Waals surface area (Å²) in [5.41, 5.74) is 0.892. The van der Waals surface area contributed by atoms with Crippen molar-refractivity contribution in [1.29, 1.82) is 0 Å². The molecule has 126 valence electrons. The summed E-state index contributed by atoms with van der Waals surface area (Å²) in [7, 11) is 0. The highest BCUT2D eigenvalue weighted by Gasteiger charge is 2.35. The Morgan fingerprint density at radius 1 is 1.21 bits per heavy atom. The van der Waals surface area contributed by atoms with Gasteiger partial charge in [-0.15, -0.1) is 0 Å². The van der Waals surface area contributed by atoms with E-state index in [4.69, 9.17) is 4.52 Å². The van der Waals surface area contributed by atoms with Gasteiger partial charge >= 0.3 is 0 Å². The summed E-state index contributed by atoms with van der Waals surface area (Å²) >= 11 is 0. The standard InChI is InChI=1S/C18H22N4O2/c23-16(6-5-13-3-1-2-4-13)22-11-15(12-22)18-20-17(21-24-18)14-7-9-19-10-8-14/h7-10,13,15H,1-6,11-12H2. The molecule has 0 unspecified atom stereocenters. The molecule has 0 radical (unpaired) electrons. The highest BCUT2D eigenvalue weighted by Crippen LogP contribution is 2.31. The van der Waals surface area contributed by atoms with E-state index in [0.717, 1.165) is 17.9 Å². The predicted molar refractivity (Wildman–Crippen MR) is 88.0 cm³/mol. The van der Waals surface area contributed by atoms with Crippen molar-refractivity contribution in [3.63, 3.8) is 0 Å². The summed E-state index contributed by atoms with van der Waals surface area (Å²) < 4.78 is 5.37. The lowest BCUT2D eigenvalue weighted by Gasteiger charge is -2.37. The second-order valence-corrected chi connectivity index (χ2v) is 6.88. The van der Waals surface area contributed by atoms with Gasteiger partial charge in [0.1, 0.15) is 0 Å². The molecular formula is C18H22N4O2. The zero-order chi connectivity index (χ0) is 16.4. The van der Waals surface area contributed by atoms with Gasteiger partial charge in [-0.25, -0.2) is 0 Å². The molecule has 0 spiro atoms. The summed E-state index contributed by atoms with van der Waals surface area (Å²) in [5, 5.41) is 4.03. The Balaban J connectivity index is 1.28. The SMILES string of the molecule is O=C(CCC1CCCC1)N1CC(c2nc(-c3ccncc3)no2)C1. The van der Waals surface area contributed by atoms with E-state index in [1.54, 1.807) is 12.4 Å². The third-order valence-electron chi connectivity index (χ3n) is 5.20. The molecule has 1 saturated heterocycles. The van der Waals surface area contributed by atoms with Crippen LogP contribution in [0.1, 0.15) is 50.3 Å². The van der Waals surface area contributed by atoms with E-state index >= 15 is 0 Å². The molecule has 1 amide bonds. The van der Waals surface area contributed by atoms with Crippen molar-refractivity contribution in [2.24, 2.45) is 5.92 Å². The van der Waals surface area contributed by atoms with E-state index in [0.29, 0.717) is 31.2 Å². The van der Waals surface area contributed by atoms with Crippen LogP contribution in [0.15, 0.2) is 29.0 Å². The minimum atomic E-state index is 0.170. The van der Waals surface area contributed by atoms with Crippen LogP contribution in [0.2, 0.25) is 0 Å². The molecule has 0 bridgehead atoms. The largest absolute Gasteiger partial charge is 0.341 e. The Morgan fingerprint density at radius 3 is 2.71 bits per heavy atom. The van der Waals surface area contributed by atoms with Gasteiger partial charge in [0.2, 0.25) is 17.6 Å². The molecule has 1 aliphatic carbocycles. The zero-order valence-corrected chi connectivity index (χ0v) is 13.7. The second-order valence-electron chi connectivity index (χ2n) is 6.88. The highest BCUT2D eigenvalue weighted by atomic mass is 16.5. The molecule has 6 nitrogen and oxygen atoms in total. The maximum absolute atomic E-state index is 12.2. The summed E-state index contributed by atoms with van der Waals surface area (Å²) in [6.45, 7) is 1.39. The van der Waals surface area contributed by atoms with E-state index in [1.165, 1.54) is 25.7 Å². The molecule has 6 heteroatoms. The molecule has 0 atom stereocenters. The molecule has 1 aliphatic heterocycles. The Kier molecular flexibility index (Phi) is 4.28. The molecule has 2 aromatic rings. The van der Waals surface area contributed by atoms with Crippen LogP contribution in [0, 0.1) is 5.92 Å². The molecule has 2 aliphatic rings. The number of likely N-dealkylation sites (tertiary alicyclic amines) is 1. The van der Waals surface area contributed by atoms with Crippen molar-refractivity contribution >= 4 is 5.91 Å². The minimum absolute atomic E-state index is 0.170. The van der Waals surface area contributed by atoms with Crippen LogP contribution in [0.3, 0.4) is 0 Å². The molecular weight excluding hydrogens is 304 g/mol. The second kappa shape index (κ2) is 6.71. The number of nitrogens with zero attached hydrogens (tertiary/aromatic N) is 4. The normalized spacial score (nSPS) is 18.8. The van der Waals surface area contributed by atoms with Crippen LogP contribution in [0.5, 0.6) is 0 Å². The van der Waals surface area contributed by atoms with Crippen LogP contribution >= 0.6 is 0 Å². The monoisotopic (exact) mass is 326 g/mol. The Hall–Kier alpha value is -2.24. The van der Waals surface area contributed by atoms with Crippen LogP contribution in [-0.4, -0.2) is 39.0 Å². The van der Waals surface area contributed by atoms with Gasteiger partial charge in [-0.3, -0.25) is 9.78 Å². The summed E-state index contributed by atoms with van der Waals surface area (Å²) in [6.07, 6.45) is 10.4. The number of amides is 1. The van der Waals surface area contributed by atoms with Crippen molar-refractivity contribution in [2.75, 3.05) is 13.1 Å². The van der Waals surface area contributed by atoms with Gasteiger partial charge in [-0.2, -0.15) is 4.98 Å². The van der Waals surface area contributed by atoms with Crippen molar-refractivity contribution in [2.45, 2.75) is 44.4 Å². The molecule has 4 rings (SSSR count). The number of hydrogen-bond donors (Lipinski definition) is 0. The van der Waals surface area contributed by atoms with E-state index in [2.05, 4.69) is 15.1 Å². The Labute approximate surface area is 141 Å². The van der Waals surface area contributed by atoms with Crippen molar-refractivity contribution in [1.82, 2.24) is 20.0 Å². The molecule has 24 heavy (non-hydrogen) atoms. The number of carbonyl (C=O) groups is 1. The molecule has 0 aromatic carbocycles. The number of pyridine rings is 1. The summed E-state index contributed by atoms with van der Waals surface area (Å²) in [5.74, 6) is 2.42. The smallest absolute Gasteiger partial charge is 0.233 e. The number of hydrogen-bond acceptors (Lipinski definition) is 5. The first-order valence-electron chi connectivity index (χ1n) is 8.81. The van der Waals surface area contributed by atoms with Gasteiger partial charge in [-0.05, 0) is 24.5 Å². The average Bonchev–Trinajstić information content (AvgIpc) is 3.24. The van der Waals surface area contributed by atoms with Crippen LogP contribution < -0.4 is 0 Å². The van der Waals surface area contributed by atoms with Gasteiger partial charge in [0, 0.05) is 37.5 Å². The Bertz CT molecular complexity index is 688. The van der Waals surface area contributed by atoms with Gasteiger partial charge < -0.3 is 9.42 Å². The van der Waals surface area contributed by atoms with Gasteiger partial charge in [0.25, 0.3) is 0 Å².